The van der Waals surface area contributed by atoms with Crippen molar-refractivity contribution in [2.75, 3.05) is 6.54 Å². The van der Waals surface area contributed by atoms with Crippen molar-refractivity contribution in [2.24, 2.45) is 11.7 Å². The Labute approximate surface area is 141 Å². The van der Waals surface area contributed by atoms with Gasteiger partial charge in [-0.1, -0.05) is 13.8 Å². The fourth-order valence-corrected chi connectivity index (χ4v) is 3.33. The van der Waals surface area contributed by atoms with Crippen molar-refractivity contribution in [2.45, 2.75) is 38.1 Å². The summed E-state index contributed by atoms with van der Waals surface area (Å²) >= 11 is 0. The van der Waals surface area contributed by atoms with Crippen LogP contribution in [0.25, 0.3) is 0 Å². The van der Waals surface area contributed by atoms with Gasteiger partial charge in [0.15, 0.2) is 0 Å². The molecular weight excluding hydrogens is 349 g/mol. The summed E-state index contributed by atoms with van der Waals surface area (Å²) in [5, 5.41) is 10.9. The Hall–Kier alpha value is -1.29. The summed E-state index contributed by atoms with van der Waals surface area (Å²) in [6.45, 7) is 5.12. The second kappa shape index (κ2) is 8.53. The molecule has 7 nitrogen and oxygen atoms in total. The minimum absolute atomic E-state index is 0. The third-order valence-electron chi connectivity index (χ3n) is 3.16. The molecule has 1 aromatic rings. The average Bonchev–Trinajstić information content (AvgIpc) is 2.39. The minimum Gasteiger partial charge on any atom is -0.329 e. The summed E-state index contributed by atoms with van der Waals surface area (Å²) in [5.74, 6) is -0.733. The molecule has 0 aliphatic heterocycles. The van der Waals surface area contributed by atoms with Crippen molar-refractivity contribution in [3.8, 4) is 0 Å². The van der Waals surface area contributed by atoms with Gasteiger partial charge in [0.1, 0.15) is 5.82 Å². The molecule has 0 bridgehead atoms. The molecule has 0 radical (unpaired) electrons. The van der Waals surface area contributed by atoms with E-state index in [1.165, 1.54) is 6.92 Å². The topological polar surface area (TPSA) is 115 Å². The fraction of sp³-hybridized carbons (Fsp3) is 0.538. The van der Waals surface area contributed by atoms with E-state index in [0.29, 0.717) is 6.42 Å². The van der Waals surface area contributed by atoms with Crippen molar-refractivity contribution < 1.29 is 17.7 Å². The molecule has 1 unspecified atom stereocenters. The predicted octanol–water partition coefficient (Wildman–Crippen LogP) is 2.12. The Morgan fingerprint density at radius 3 is 2.39 bits per heavy atom. The Balaban J connectivity index is 0.00000484. The van der Waals surface area contributed by atoms with Crippen molar-refractivity contribution in [3.05, 3.63) is 33.6 Å². The molecule has 0 saturated carbocycles. The lowest BCUT2D eigenvalue weighted by Gasteiger charge is -2.19. The second-order valence-electron chi connectivity index (χ2n) is 5.49. The lowest BCUT2D eigenvalue weighted by atomic mass is 10.1. The molecule has 10 heteroatoms. The number of halogens is 2. The number of nitrogens with two attached hydrogens (primary N) is 1. The molecule has 23 heavy (non-hydrogen) atoms. The lowest BCUT2D eigenvalue weighted by molar-refractivity contribution is -0.385. The number of nitrogens with zero attached hydrogens (tertiary/aromatic N) is 1. The van der Waals surface area contributed by atoms with Crippen LogP contribution in [0.5, 0.6) is 0 Å². The fourth-order valence-electron chi connectivity index (χ4n) is 2.03. The highest BCUT2D eigenvalue weighted by Crippen LogP contribution is 2.25. The van der Waals surface area contributed by atoms with Crippen LogP contribution >= 0.6 is 12.4 Å². The molecule has 1 rings (SSSR count). The lowest BCUT2D eigenvalue weighted by Crippen LogP contribution is -2.41. The monoisotopic (exact) mass is 369 g/mol. The second-order valence-corrected chi connectivity index (χ2v) is 7.20. The Morgan fingerprint density at radius 1 is 1.39 bits per heavy atom. The van der Waals surface area contributed by atoms with E-state index in [2.05, 4.69) is 4.72 Å². The summed E-state index contributed by atoms with van der Waals surface area (Å²) in [6.07, 6.45) is 0.506. The van der Waals surface area contributed by atoms with Gasteiger partial charge in [-0.25, -0.2) is 17.5 Å². The van der Waals surface area contributed by atoms with Crippen molar-refractivity contribution in [1.82, 2.24) is 4.72 Å². The summed E-state index contributed by atoms with van der Waals surface area (Å²) in [5.41, 5.74) is 4.75. The van der Waals surface area contributed by atoms with Gasteiger partial charge >= 0.3 is 0 Å². The van der Waals surface area contributed by atoms with Crippen LogP contribution in [0.2, 0.25) is 0 Å². The van der Waals surface area contributed by atoms with Gasteiger partial charge in [0.2, 0.25) is 10.0 Å². The number of benzene rings is 1. The first-order chi connectivity index (χ1) is 10.1. The Kier molecular flexibility index (Phi) is 8.05. The molecule has 0 spiro atoms. The molecule has 1 atom stereocenters. The zero-order chi connectivity index (χ0) is 17.1. The van der Waals surface area contributed by atoms with Gasteiger partial charge in [0, 0.05) is 18.7 Å². The van der Waals surface area contributed by atoms with Gasteiger partial charge in [-0.3, -0.25) is 10.1 Å². The molecule has 0 heterocycles. The first-order valence-corrected chi connectivity index (χ1v) is 8.23. The van der Waals surface area contributed by atoms with Crippen LogP contribution in [0.1, 0.15) is 25.8 Å². The van der Waals surface area contributed by atoms with Crippen molar-refractivity contribution in [1.29, 1.82) is 0 Å². The molecule has 0 aliphatic rings. The third kappa shape index (κ3) is 5.69. The van der Waals surface area contributed by atoms with Crippen LogP contribution in [-0.4, -0.2) is 25.9 Å². The summed E-state index contributed by atoms with van der Waals surface area (Å²) < 4.78 is 40.6. The minimum atomic E-state index is -4.09. The highest BCUT2D eigenvalue weighted by molar-refractivity contribution is 7.89. The molecular formula is C13H21ClFN3O4S. The zero-order valence-electron chi connectivity index (χ0n) is 13.1. The van der Waals surface area contributed by atoms with E-state index in [1.54, 1.807) is 0 Å². The molecule has 0 amide bonds. The molecule has 132 valence electrons. The number of nitro groups is 1. The van der Waals surface area contributed by atoms with Crippen LogP contribution in [0.4, 0.5) is 10.1 Å². The van der Waals surface area contributed by atoms with Gasteiger partial charge in [-0.05, 0) is 25.3 Å². The van der Waals surface area contributed by atoms with Crippen LogP contribution < -0.4 is 10.5 Å². The first kappa shape index (κ1) is 21.7. The third-order valence-corrected chi connectivity index (χ3v) is 4.66. The largest absolute Gasteiger partial charge is 0.329 e. The number of hydrogen-bond acceptors (Lipinski definition) is 5. The maximum Gasteiger partial charge on any atom is 0.276 e. The predicted molar refractivity (Wildman–Crippen MR) is 87.7 cm³/mol. The maximum absolute atomic E-state index is 13.7. The Bertz CT molecular complexity index is 667. The number of sulfonamides is 1. The summed E-state index contributed by atoms with van der Waals surface area (Å²) in [7, 11) is -4.09. The van der Waals surface area contributed by atoms with E-state index in [4.69, 9.17) is 5.73 Å². The van der Waals surface area contributed by atoms with E-state index >= 15 is 0 Å². The number of nitrogens with one attached hydrogen (secondary N) is 1. The van der Waals surface area contributed by atoms with Gasteiger partial charge in [0.25, 0.3) is 5.69 Å². The van der Waals surface area contributed by atoms with Crippen LogP contribution in [0.3, 0.4) is 0 Å². The number of rotatable bonds is 7. The molecule has 0 fully saturated rings. The van der Waals surface area contributed by atoms with Crippen LogP contribution in [0.15, 0.2) is 17.0 Å². The maximum atomic E-state index is 13.7. The van der Waals surface area contributed by atoms with Crippen LogP contribution in [-0.2, 0) is 10.0 Å². The standard InChI is InChI=1S/C13H20FN3O4S.ClH/c1-8(2)4-10(7-15)16-22(20,21)11-5-12(14)9(3)13(6-11)17(18)19;/h5-6,8,10,16H,4,7,15H2,1-3H3;1H. The van der Waals surface area contributed by atoms with Crippen molar-refractivity contribution >= 4 is 28.1 Å². The normalized spacial score (nSPS) is 12.8. The number of hydrogen-bond donors (Lipinski definition) is 2. The van der Waals surface area contributed by atoms with E-state index in [0.717, 1.165) is 12.1 Å². The highest BCUT2D eigenvalue weighted by atomic mass is 35.5. The average molecular weight is 370 g/mol. The molecule has 0 aliphatic carbocycles. The van der Waals surface area contributed by atoms with Crippen molar-refractivity contribution in [3.63, 3.8) is 0 Å². The smallest absolute Gasteiger partial charge is 0.276 e. The quantitative estimate of drug-likeness (QED) is 0.564. The first-order valence-electron chi connectivity index (χ1n) is 6.75. The van der Waals surface area contributed by atoms with Gasteiger partial charge in [-0.2, -0.15) is 0 Å². The SMILES string of the molecule is Cc1c(F)cc(S(=O)(=O)NC(CN)CC(C)C)cc1[N+](=O)[O-].Cl. The van der Waals surface area contributed by atoms with E-state index in [9.17, 15) is 22.9 Å². The van der Waals surface area contributed by atoms with E-state index in [-0.39, 0.29) is 30.4 Å². The van der Waals surface area contributed by atoms with Gasteiger partial charge in [-0.15, -0.1) is 12.4 Å². The van der Waals surface area contributed by atoms with Gasteiger partial charge < -0.3 is 5.73 Å². The van der Waals surface area contributed by atoms with E-state index < -0.39 is 37.4 Å². The van der Waals surface area contributed by atoms with E-state index in [1.807, 2.05) is 13.8 Å². The summed E-state index contributed by atoms with van der Waals surface area (Å²) in [6, 6.07) is 1.10. The molecule has 1 aromatic carbocycles. The number of nitro benzene ring substituents is 1. The molecule has 0 aromatic heterocycles. The zero-order valence-corrected chi connectivity index (χ0v) is 14.7. The van der Waals surface area contributed by atoms with Crippen LogP contribution in [0, 0.1) is 28.8 Å². The molecule has 3 N–H and O–H groups in total. The Morgan fingerprint density at radius 2 is 1.96 bits per heavy atom. The summed E-state index contributed by atoms with van der Waals surface area (Å²) in [4.78, 5) is 9.59. The van der Waals surface area contributed by atoms with Gasteiger partial charge in [0.05, 0.1) is 15.4 Å². The highest BCUT2D eigenvalue weighted by Gasteiger charge is 2.25. The molecule has 0 saturated heterocycles.